The average Bonchev–Trinajstić information content (AvgIpc) is 3.04. The van der Waals surface area contributed by atoms with E-state index < -0.39 is 0 Å². The van der Waals surface area contributed by atoms with Gasteiger partial charge >= 0.3 is 0 Å². The van der Waals surface area contributed by atoms with E-state index in [9.17, 15) is 4.79 Å². The summed E-state index contributed by atoms with van der Waals surface area (Å²) in [5.74, 6) is 0.0365. The van der Waals surface area contributed by atoms with Crippen molar-refractivity contribution in [1.82, 2.24) is 25.0 Å². The monoisotopic (exact) mass is 458 g/mol. The average molecular weight is 459 g/mol. The SMILES string of the molecule is Cc1ccc(-c2nnc(SCC(=O)Nc3c(C)nn(C)c3C)nc2-c2ccc(C)cc2)cc1. The van der Waals surface area contributed by atoms with E-state index in [0.29, 0.717) is 10.9 Å². The number of carbonyl (C=O) groups excluding carboxylic acids is 1. The van der Waals surface area contributed by atoms with Crippen LogP contribution in [0.25, 0.3) is 22.5 Å². The van der Waals surface area contributed by atoms with Gasteiger partial charge in [0.2, 0.25) is 11.1 Å². The highest BCUT2D eigenvalue weighted by Gasteiger charge is 2.16. The van der Waals surface area contributed by atoms with E-state index in [-0.39, 0.29) is 11.7 Å². The molecule has 8 heteroatoms. The van der Waals surface area contributed by atoms with Crippen LogP contribution in [0.2, 0.25) is 0 Å². The summed E-state index contributed by atoms with van der Waals surface area (Å²) in [6.45, 7) is 7.90. The van der Waals surface area contributed by atoms with Gasteiger partial charge in [0.25, 0.3) is 0 Å². The smallest absolute Gasteiger partial charge is 0.234 e. The molecule has 4 aromatic rings. The first-order valence-electron chi connectivity index (χ1n) is 10.6. The molecule has 168 valence electrons. The zero-order valence-corrected chi connectivity index (χ0v) is 20.2. The largest absolute Gasteiger partial charge is 0.322 e. The van der Waals surface area contributed by atoms with Crippen LogP contribution in [-0.2, 0) is 11.8 Å². The lowest BCUT2D eigenvalue weighted by Gasteiger charge is -2.10. The maximum Gasteiger partial charge on any atom is 0.234 e. The number of nitrogens with zero attached hydrogens (tertiary/aromatic N) is 5. The van der Waals surface area contributed by atoms with Crippen molar-refractivity contribution < 1.29 is 4.79 Å². The number of benzene rings is 2. The molecular weight excluding hydrogens is 432 g/mol. The number of hydrogen-bond acceptors (Lipinski definition) is 6. The normalized spacial score (nSPS) is 10.9. The number of aryl methyl sites for hydroxylation is 4. The standard InChI is InChI=1S/C25H26N6OS/c1-15-6-10-19(11-7-15)23-24(20-12-8-16(2)9-13-20)28-29-25(27-23)33-14-21(32)26-22-17(3)30-31(5)18(22)4/h6-13H,14H2,1-5H3,(H,26,32). The Labute approximate surface area is 197 Å². The van der Waals surface area contributed by atoms with Crippen LogP contribution in [0.1, 0.15) is 22.5 Å². The Morgan fingerprint density at radius 3 is 2.00 bits per heavy atom. The Bertz CT molecular complexity index is 1300. The highest BCUT2D eigenvalue weighted by Crippen LogP contribution is 2.30. The van der Waals surface area contributed by atoms with Crippen molar-refractivity contribution >= 4 is 23.4 Å². The molecule has 2 aromatic carbocycles. The second kappa shape index (κ2) is 9.54. The molecular formula is C25H26N6OS. The number of anilines is 1. The predicted molar refractivity (Wildman–Crippen MR) is 132 cm³/mol. The van der Waals surface area contributed by atoms with Crippen molar-refractivity contribution in [2.45, 2.75) is 32.9 Å². The number of rotatable bonds is 6. The molecule has 0 aliphatic carbocycles. The Morgan fingerprint density at radius 1 is 0.879 bits per heavy atom. The van der Waals surface area contributed by atoms with Gasteiger partial charge < -0.3 is 5.32 Å². The lowest BCUT2D eigenvalue weighted by atomic mass is 10.0. The topological polar surface area (TPSA) is 85.6 Å². The van der Waals surface area contributed by atoms with Crippen molar-refractivity contribution in [2.24, 2.45) is 7.05 Å². The fourth-order valence-corrected chi connectivity index (χ4v) is 4.04. The predicted octanol–water partition coefficient (Wildman–Crippen LogP) is 4.90. The number of hydrogen-bond donors (Lipinski definition) is 1. The van der Waals surface area contributed by atoms with Gasteiger partial charge in [0, 0.05) is 18.2 Å². The third-order valence-corrected chi connectivity index (χ3v) is 6.26. The molecule has 33 heavy (non-hydrogen) atoms. The van der Waals surface area contributed by atoms with E-state index in [1.807, 2.05) is 64.2 Å². The van der Waals surface area contributed by atoms with Crippen LogP contribution in [0.3, 0.4) is 0 Å². The summed E-state index contributed by atoms with van der Waals surface area (Å²) in [6, 6.07) is 16.3. The Morgan fingerprint density at radius 2 is 1.45 bits per heavy atom. The summed E-state index contributed by atoms with van der Waals surface area (Å²) >= 11 is 1.26. The number of carbonyl (C=O) groups is 1. The van der Waals surface area contributed by atoms with Gasteiger partial charge in [-0.1, -0.05) is 71.4 Å². The van der Waals surface area contributed by atoms with E-state index >= 15 is 0 Å². The molecule has 0 unspecified atom stereocenters. The highest BCUT2D eigenvalue weighted by molar-refractivity contribution is 7.99. The molecule has 1 amide bonds. The minimum absolute atomic E-state index is 0.137. The maximum absolute atomic E-state index is 12.6. The number of aromatic nitrogens is 5. The van der Waals surface area contributed by atoms with E-state index in [4.69, 9.17) is 4.98 Å². The first-order chi connectivity index (χ1) is 15.8. The van der Waals surface area contributed by atoms with Gasteiger partial charge in [-0.2, -0.15) is 5.10 Å². The maximum atomic E-state index is 12.6. The van der Waals surface area contributed by atoms with Crippen LogP contribution in [0.15, 0.2) is 53.7 Å². The fourth-order valence-electron chi connectivity index (χ4n) is 3.45. The van der Waals surface area contributed by atoms with Crippen LogP contribution < -0.4 is 5.32 Å². The molecule has 0 bridgehead atoms. The van der Waals surface area contributed by atoms with Crippen molar-refractivity contribution in [2.75, 3.05) is 11.1 Å². The molecule has 0 saturated heterocycles. The Hall–Kier alpha value is -3.52. The van der Waals surface area contributed by atoms with Crippen LogP contribution in [0.5, 0.6) is 0 Å². The van der Waals surface area contributed by atoms with Gasteiger partial charge in [-0.15, -0.1) is 10.2 Å². The summed E-state index contributed by atoms with van der Waals surface area (Å²) in [5.41, 5.74) is 8.16. The molecule has 0 aliphatic heterocycles. The summed E-state index contributed by atoms with van der Waals surface area (Å²) in [4.78, 5) is 17.3. The van der Waals surface area contributed by atoms with Gasteiger partial charge in [-0.05, 0) is 27.7 Å². The van der Waals surface area contributed by atoms with Crippen LogP contribution in [0, 0.1) is 27.7 Å². The minimum atomic E-state index is -0.137. The van der Waals surface area contributed by atoms with E-state index in [2.05, 4.69) is 39.7 Å². The molecule has 7 nitrogen and oxygen atoms in total. The molecule has 1 N–H and O–H groups in total. The summed E-state index contributed by atoms with van der Waals surface area (Å²) in [5, 5.41) is 16.5. The lowest BCUT2D eigenvalue weighted by molar-refractivity contribution is -0.113. The molecule has 0 fully saturated rings. The van der Waals surface area contributed by atoms with E-state index in [1.165, 1.54) is 22.9 Å². The van der Waals surface area contributed by atoms with E-state index in [0.717, 1.165) is 33.9 Å². The molecule has 0 spiro atoms. The van der Waals surface area contributed by atoms with Gasteiger partial charge in [-0.3, -0.25) is 9.48 Å². The molecule has 0 radical (unpaired) electrons. The third kappa shape index (κ3) is 5.12. The van der Waals surface area contributed by atoms with Gasteiger partial charge in [0.05, 0.1) is 22.8 Å². The fraction of sp³-hybridized carbons (Fsp3) is 0.240. The molecule has 0 saturated carbocycles. The zero-order chi connectivity index (χ0) is 23.5. The molecule has 4 rings (SSSR count). The second-order valence-electron chi connectivity index (χ2n) is 8.03. The number of thioether (sulfide) groups is 1. The highest BCUT2D eigenvalue weighted by atomic mass is 32.2. The summed E-state index contributed by atoms with van der Waals surface area (Å²) in [7, 11) is 1.86. The number of amides is 1. The van der Waals surface area contributed by atoms with Gasteiger partial charge in [-0.25, -0.2) is 4.98 Å². The lowest BCUT2D eigenvalue weighted by Crippen LogP contribution is -2.15. The van der Waals surface area contributed by atoms with Crippen molar-refractivity contribution in [3.8, 4) is 22.5 Å². The third-order valence-electron chi connectivity index (χ3n) is 5.42. The van der Waals surface area contributed by atoms with E-state index in [1.54, 1.807) is 4.68 Å². The first-order valence-corrected chi connectivity index (χ1v) is 11.6. The second-order valence-corrected chi connectivity index (χ2v) is 8.97. The van der Waals surface area contributed by atoms with Gasteiger partial charge in [0.1, 0.15) is 11.4 Å². The summed E-state index contributed by atoms with van der Waals surface area (Å²) in [6.07, 6.45) is 0. The van der Waals surface area contributed by atoms with Crippen LogP contribution >= 0.6 is 11.8 Å². The number of nitrogens with one attached hydrogen (secondary N) is 1. The summed E-state index contributed by atoms with van der Waals surface area (Å²) < 4.78 is 1.75. The van der Waals surface area contributed by atoms with Gasteiger partial charge in [0.15, 0.2) is 0 Å². The Kier molecular flexibility index (Phi) is 6.55. The zero-order valence-electron chi connectivity index (χ0n) is 19.4. The van der Waals surface area contributed by atoms with Crippen LogP contribution in [0.4, 0.5) is 5.69 Å². The van der Waals surface area contributed by atoms with Crippen LogP contribution in [-0.4, -0.2) is 36.6 Å². The van der Waals surface area contributed by atoms with Crippen molar-refractivity contribution in [3.05, 3.63) is 71.0 Å². The quantitative estimate of drug-likeness (QED) is 0.414. The first kappa shape index (κ1) is 22.7. The molecule has 2 heterocycles. The Balaban J connectivity index is 1.59. The molecule has 0 atom stereocenters. The minimum Gasteiger partial charge on any atom is -0.322 e. The van der Waals surface area contributed by atoms with Crippen molar-refractivity contribution in [3.63, 3.8) is 0 Å². The molecule has 2 aromatic heterocycles. The molecule has 0 aliphatic rings. The van der Waals surface area contributed by atoms with Crippen molar-refractivity contribution in [1.29, 1.82) is 0 Å².